The highest BCUT2D eigenvalue weighted by Gasteiger charge is 2.21. The number of para-hydroxylation sites is 1. The number of benzene rings is 1. The van der Waals surface area contributed by atoms with E-state index in [0.29, 0.717) is 11.6 Å². The van der Waals surface area contributed by atoms with Gasteiger partial charge in [0.25, 0.3) is 5.91 Å². The Hall–Kier alpha value is -2.17. The predicted molar refractivity (Wildman–Crippen MR) is 81.0 cm³/mol. The van der Waals surface area contributed by atoms with Gasteiger partial charge in [-0.05, 0) is 30.9 Å². The zero-order valence-electron chi connectivity index (χ0n) is 12.8. The maximum absolute atomic E-state index is 13.9. The summed E-state index contributed by atoms with van der Waals surface area (Å²) in [5.41, 5.74) is 2.15. The molecule has 5 heteroatoms. The Bertz CT molecular complexity index is 664. The number of nitrogens with zero attached hydrogens (tertiary/aromatic N) is 2. The summed E-state index contributed by atoms with van der Waals surface area (Å²) in [6, 6.07) is 7.61. The molecule has 0 saturated heterocycles. The van der Waals surface area contributed by atoms with E-state index < -0.39 is 11.9 Å². The third kappa shape index (κ3) is 2.96. The molecule has 0 aliphatic carbocycles. The molecule has 2 rings (SSSR count). The lowest BCUT2D eigenvalue weighted by atomic mass is 9.97. The van der Waals surface area contributed by atoms with Crippen LogP contribution in [0.5, 0.6) is 0 Å². The molecule has 0 fully saturated rings. The fraction of sp³-hybridized carbons (Fsp3) is 0.375. The Morgan fingerprint density at radius 3 is 2.67 bits per heavy atom. The first-order valence-electron chi connectivity index (χ1n) is 7.05. The van der Waals surface area contributed by atoms with E-state index in [1.165, 1.54) is 7.05 Å². The molecule has 0 aliphatic heterocycles. The second-order valence-electron chi connectivity index (χ2n) is 5.23. The van der Waals surface area contributed by atoms with Crippen LogP contribution in [0.15, 0.2) is 24.3 Å². The van der Waals surface area contributed by atoms with E-state index in [-0.39, 0.29) is 5.56 Å². The van der Waals surface area contributed by atoms with Crippen LogP contribution in [0.25, 0.3) is 0 Å². The number of rotatable bonds is 4. The maximum atomic E-state index is 13.9. The molecule has 4 nitrogen and oxygen atoms in total. The van der Waals surface area contributed by atoms with E-state index in [1.54, 1.807) is 6.92 Å². The molecule has 0 bridgehead atoms. The summed E-state index contributed by atoms with van der Waals surface area (Å²) in [5.74, 6) is -0.763. The third-order valence-corrected chi connectivity index (χ3v) is 3.73. The van der Waals surface area contributed by atoms with Gasteiger partial charge in [-0.3, -0.25) is 4.79 Å². The number of amides is 1. The summed E-state index contributed by atoms with van der Waals surface area (Å²) in [6.07, 6.45) is 0.965. The predicted octanol–water partition coefficient (Wildman–Crippen LogP) is 3.63. The van der Waals surface area contributed by atoms with Crippen molar-refractivity contribution >= 4 is 11.6 Å². The van der Waals surface area contributed by atoms with Gasteiger partial charge in [0.2, 0.25) is 5.95 Å². The lowest BCUT2D eigenvalue weighted by molar-refractivity contribution is 0.102. The number of aryl methyl sites for hydroxylation is 2. The molecular formula is C16H20FN3O. The molecule has 2 aromatic rings. The third-order valence-electron chi connectivity index (χ3n) is 3.73. The number of halogens is 1. The van der Waals surface area contributed by atoms with Crippen LogP contribution in [0.1, 0.15) is 47.8 Å². The van der Waals surface area contributed by atoms with E-state index in [9.17, 15) is 9.18 Å². The van der Waals surface area contributed by atoms with Crippen molar-refractivity contribution in [3.8, 4) is 0 Å². The second-order valence-corrected chi connectivity index (χ2v) is 5.23. The van der Waals surface area contributed by atoms with Gasteiger partial charge in [-0.1, -0.05) is 32.0 Å². The van der Waals surface area contributed by atoms with Crippen molar-refractivity contribution in [1.82, 2.24) is 9.78 Å². The first-order valence-corrected chi connectivity index (χ1v) is 7.05. The number of carbonyl (C=O) groups is 1. The zero-order valence-corrected chi connectivity index (χ0v) is 12.8. The Labute approximate surface area is 124 Å². The second kappa shape index (κ2) is 6.08. The van der Waals surface area contributed by atoms with E-state index in [0.717, 1.165) is 22.4 Å². The van der Waals surface area contributed by atoms with Crippen molar-refractivity contribution in [1.29, 1.82) is 0 Å². The van der Waals surface area contributed by atoms with Gasteiger partial charge in [-0.2, -0.15) is 9.49 Å². The van der Waals surface area contributed by atoms with Gasteiger partial charge in [0.15, 0.2) is 0 Å². The molecule has 21 heavy (non-hydrogen) atoms. The average Bonchev–Trinajstić information content (AvgIpc) is 2.71. The van der Waals surface area contributed by atoms with Crippen LogP contribution in [-0.4, -0.2) is 15.7 Å². The number of hydrogen-bond donors (Lipinski definition) is 1. The minimum atomic E-state index is -0.619. The average molecular weight is 289 g/mol. The van der Waals surface area contributed by atoms with Gasteiger partial charge >= 0.3 is 0 Å². The molecule has 0 saturated carbocycles. The lowest BCUT2D eigenvalue weighted by Crippen LogP contribution is -2.16. The molecule has 1 atom stereocenters. The molecular weight excluding hydrogens is 269 g/mol. The summed E-state index contributed by atoms with van der Waals surface area (Å²) < 4.78 is 15.0. The Morgan fingerprint density at radius 2 is 2.10 bits per heavy atom. The van der Waals surface area contributed by atoms with Crippen molar-refractivity contribution in [3.05, 3.63) is 47.0 Å². The first kappa shape index (κ1) is 15.2. The van der Waals surface area contributed by atoms with Gasteiger partial charge in [0, 0.05) is 12.7 Å². The fourth-order valence-corrected chi connectivity index (χ4v) is 2.33. The topological polar surface area (TPSA) is 46.9 Å². The Kier molecular flexibility index (Phi) is 4.40. The molecule has 112 valence electrons. The van der Waals surface area contributed by atoms with Crippen LogP contribution in [-0.2, 0) is 7.05 Å². The van der Waals surface area contributed by atoms with Crippen LogP contribution >= 0.6 is 0 Å². The molecule has 1 unspecified atom stereocenters. The molecule has 0 radical (unpaired) electrons. The van der Waals surface area contributed by atoms with E-state index in [1.807, 2.05) is 24.3 Å². The van der Waals surface area contributed by atoms with Gasteiger partial charge in [-0.15, -0.1) is 0 Å². The highest BCUT2D eigenvalue weighted by molar-refractivity contribution is 6.05. The van der Waals surface area contributed by atoms with Crippen molar-refractivity contribution in [2.24, 2.45) is 7.05 Å². The van der Waals surface area contributed by atoms with Gasteiger partial charge in [0.1, 0.15) is 5.56 Å². The van der Waals surface area contributed by atoms with Crippen LogP contribution < -0.4 is 5.32 Å². The molecule has 1 heterocycles. The minimum Gasteiger partial charge on any atom is -0.322 e. The van der Waals surface area contributed by atoms with E-state index >= 15 is 0 Å². The van der Waals surface area contributed by atoms with E-state index in [2.05, 4.69) is 24.3 Å². The molecule has 1 amide bonds. The van der Waals surface area contributed by atoms with Crippen molar-refractivity contribution in [2.75, 3.05) is 5.32 Å². The summed E-state index contributed by atoms with van der Waals surface area (Å²) in [6.45, 7) is 5.81. The largest absolute Gasteiger partial charge is 0.322 e. The van der Waals surface area contributed by atoms with Gasteiger partial charge in [0.05, 0.1) is 5.69 Å². The molecule has 0 aliphatic rings. The van der Waals surface area contributed by atoms with Gasteiger partial charge in [-0.25, -0.2) is 4.68 Å². The molecule has 1 aromatic carbocycles. The summed E-state index contributed by atoms with van der Waals surface area (Å²) in [4.78, 5) is 12.3. The first-order chi connectivity index (χ1) is 9.95. The maximum Gasteiger partial charge on any atom is 0.262 e. The standard InChI is InChI=1S/C16H20FN3O/c1-5-10(2)12-8-6-7-9-13(12)18-16(21)14-11(3)19-20(4)15(14)17/h6-10H,5H2,1-4H3,(H,18,21). The summed E-state index contributed by atoms with van der Waals surface area (Å²) in [5, 5.41) is 6.73. The SMILES string of the molecule is CCC(C)c1ccccc1NC(=O)c1c(C)nn(C)c1F. The lowest BCUT2D eigenvalue weighted by Gasteiger charge is -2.15. The quantitative estimate of drug-likeness (QED) is 0.934. The molecule has 1 aromatic heterocycles. The number of carbonyl (C=O) groups excluding carboxylic acids is 1. The highest BCUT2D eigenvalue weighted by Crippen LogP contribution is 2.27. The summed E-state index contributed by atoms with van der Waals surface area (Å²) >= 11 is 0. The smallest absolute Gasteiger partial charge is 0.262 e. The van der Waals surface area contributed by atoms with Crippen LogP contribution in [0.3, 0.4) is 0 Å². The minimum absolute atomic E-state index is 0.00328. The molecule has 1 N–H and O–H groups in total. The zero-order chi connectivity index (χ0) is 15.6. The van der Waals surface area contributed by atoms with Crippen LogP contribution in [0, 0.1) is 12.9 Å². The van der Waals surface area contributed by atoms with Crippen LogP contribution in [0.4, 0.5) is 10.1 Å². The monoisotopic (exact) mass is 289 g/mol. The number of nitrogens with one attached hydrogen (secondary N) is 1. The van der Waals surface area contributed by atoms with Gasteiger partial charge < -0.3 is 5.32 Å². The van der Waals surface area contributed by atoms with E-state index in [4.69, 9.17) is 0 Å². The highest BCUT2D eigenvalue weighted by atomic mass is 19.1. The Balaban J connectivity index is 2.32. The Morgan fingerprint density at radius 1 is 1.43 bits per heavy atom. The number of hydrogen-bond acceptors (Lipinski definition) is 2. The molecule has 0 spiro atoms. The normalized spacial score (nSPS) is 12.2. The van der Waals surface area contributed by atoms with Crippen molar-refractivity contribution in [3.63, 3.8) is 0 Å². The number of anilines is 1. The van der Waals surface area contributed by atoms with Crippen LogP contribution in [0.2, 0.25) is 0 Å². The van der Waals surface area contributed by atoms with Crippen molar-refractivity contribution < 1.29 is 9.18 Å². The number of aromatic nitrogens is 2. The fourth-order valence-electron chi connectivity index (χ4n) is 2.33. The summed E-state index contributed by atoms with van der Waals surface area (Å²) in [7, 11) is 1.48. The van der Waals surface area contributed by atoms with Crippen molar-refractivity contribution in [2.45, 2.75) is 33.1 Å².